The molecule has 0 fully saturated rings. The number of sulfonamides is 1. The number of nitrogens with two attached hydrogens (primary N) is 1. The fourth-order valence-electron chi connectivity index (χ4n) is 1.38. The van der Waals surface area contributed by atoms with Crippen molar-refractivity contribution >= 4 is 61.2 Å². The maximum Gasteiger partial charge on any atom is 0.262 e. The summed E-state index contributed by atoms with van der Waals surface area (Å²) < 4.78 is 27.7. The number of nitrogens with one attached hydrogen (secondary N) is 1. The van der Waals surface area contributed by atoms with Crippen LogP contribution >= 0.6 is 45.5 Å². The molecule has 102 valence electrons. The zero-order chi connectivity index (χ0) is 14.0. The second kappa shape index (κ2) is 5.96. The third-order valence-corrected chi connectivity index (χ3v) is 5.75. The van der Waals surface area contributed by atoms with Gasteiger partial charge in [-0.2, -0.15) is 0 Å². The van der Waals surface area contributed by atoms with Crippen molar-refractivity contribution < 1.29 is 8.42 Å². The van der Waals surface area contributed by atoms with Gasteiger partial charge in [-0.25, -0.2) is 8.42 Å². The number of anilines is 1. The Morgan fingerprint density at radius 3 is 2.68 bits per heavy atom. The lowest BCUT2D eigenvalue weighted by Gasteiger charge is -2.08. The number of rotatable bonds is 4. The summed E-state index contributed by atoms with van der Waals surface area (Å²) in [7, 11) is -3.62. The predicted molar refractivity (Wildman–Crippen MR) is 87.2 cm³/mol. The highest BCUT2D eigenvalue weighted by atomic mass is 127. The van der Waals surface area contributed by atoms with E-state index in [4.69, 9.17) is 17.3 Å². The molecular weight excluding hydrogens is 419 g/mol. The van der Waals surface area contributed by atoms with E-state index in [1.54, 1.807) is 29.6 Å². The van der Waals surface area contributed by atoms with Crippen LogP contribution in [0, 0.1) is 3.57 Å². The van der Waals surface area contributed by atoms with E-state index in [1.807, 2.05) is 0 Å². The van der Waals surface area contributed by atoms with Gasteiger partial charge >= 0.3 is 0 Å². The molecule has 0 aliphatic rings. The first kappa shape index (κ1) is 15.0. The average Bonchev–Trinajstić information content (AvgIpc) is 2.82. The van der Waals surface area contributed by atoms with Crippen LogP contribution in [0.25, 0.3) is 0 Å². The molecule has 0 atom stereocenters. The SMILES string of the molecule is NCc1cc(S(=O)(=O)Nc2ccc(I)cc2Cl)cs1. The van der Waals surface area contributed by atoms with Crippen LogP contribution in [0.2, 0.25) is 5.02 Å². The highest BCUT2D eigenvalue weighted by molar-refractivity contribution is 14.1. The molecule has 3 N–H and O–H groups in total. The summed E-state index contributed by atoms with van der Waals surface area (Å²) >= 11 is 9.43. The van der Waals surface area contributed by atoms with Gasteiger partial charge in [-0.1, -0.05) is 11.6 Å². The Balaban J connectivity index is 2.30. The van der Waals surface area contributed by atoms with Gasteiger partial charge < -0.3 is 5.73 Å². The minimum atomic E-state index is -3.62. The molecule has 8 heteroatoms. The van der Waals surface area contributed by atoms with Gasteiger partial charge in [-0.3, -0.25) is 4.72 Å². The fourth-order valence-corrected chi connectivity index (χ4v) is 4.58. The van der Waals surface area contributed by atoms with Gasteiger partial charge in [0.15, 0.2) is 0 Å². The van der Waals surface area contributed by atoms with Gasteiger partial charge in [0, 0.05) is 20.4 Å². The van der Waals surface area contributed by atoms with E-state index in [2.05, 4.69) is 27.3 Å². The average molecular weight is 429 g/mol. The largest absolute Gasteiger partial charge is 0.326 e. The number of thiophene rings is 1. The topological polar surface area (TPSA) is 72.2 Å². The van der Waals surface area contributed by atoms with E-state index in [0.29, 0.717) is 17.3 Å². The maximum atomic E-state index is 12.2. The first-order valence-corrected chi connectivity index (χ1v) is 8.99. The molecule has 0 saturated heterocycles. The Bertz CT molecular complexity index is 700. The molecule has 1 heterocycles. The van der Waals surface area contributed by atoms with E-state index < -0.39 is 10.0 Å². The molecule has 1 aromatic heterocycles. The number of halogens is 2. The molecule has 0 amide bonds. The first-order valence-electron chi connectivity index (χ1n) is 5.18. The maximum absolute atomic E-state index is 12.2. The summed E-state index contributed by atoms with van der Waals surface area (Å²) in [6.07, 6.45) is 0. The lowest BCUT2D eigenvalue weighted by molar-refractivity contribution is 0.601. The fraction of sp³-hybridized carbons (Fsp3) is 0.0909. The van der Waals surface area contributed by atoms with Gasteiger partial charge in [-0.05, 0) is 46.9 Å². The van der Waals surface area contributed by atoms with E-state index >= 15 is 0 Å². The standard InChI is InChI=1S/C11H10ClIN2O2S2/c12-10-3-7(13)1-2-11(10)15-19(16,17)9-4-8(5-14)18-6-9/h1-4,6,15H,5,14H2. The van der Waals surface area contributed by atoms with E-state index in [1.165, 1.54) is 11.3 Å². The van der Waals surface area contributed by atoms with E-state index in [0.717, 1.165) is 8.45 Å². The summed E-state index contributed by atoms with van der Waals surface area (Å²) in [4.78, 5) is 1.02. The van der Waals surface area contributed by atoms with Crippen LogP contribution in [0.5, 0.6) is 0 Å². The molecule has 0 bridgehead atoms. The number of hydrogen-bond donors (Lipinski definition) is 2. The highest BCUT2D eigenvalue weighted by Gasteiger charge is 2.17. The van der Waals surface area contributed by atoms with Gasteiger partial charge in [0.05, 0.1) is 15.6 Å². The van der Waals surface area contributed by atoms with Crippen LogP contribution in [0.4, 0.5) is 5.69 Å². The Kier molecular flexibility index (Phi) is 4.72. The summed E-state index contributed by atoms with van der Waals surface area (Å²) in [6, 6.07) is 6.67. The van der Waals surface area contributed by atoms with Crippen molar-refractivity contribution in [3.63, 3.8) is 0 Å². The van der Waals surface area contributed by atoms with Crippen molar-refractivity contribution in [3.05, 3.63) is 43.1 Å². The lowest BCUT2D eigenvalue weighted by atomic mass is 10.3. The lowest BCUT2D eigenvalue weighted by Crippen LogP contribution is -2.12. The molecule has 0 radical (unpaired) electrons. The summed E-state index contributed by atoms with van der Waals surface area (Å²) in [6.45, 7) is 0.324. The van der Waals surface area contributed by atoms with Crippen molar-refractivity contribution in [2.24, 2.45) is 5.73 Å². The van der Waals surface area contributed by atoms with Crippen molar-refractivity contribution in [1.29, 1.82) is 0 Å². The molecule has 1 aromatic carbocycles. The Morgan fingerprint density at radius 2 is 2.11 bits per heavy atom. The predicted octanol–water partition coefficient (Wildman–Crippen LogP) is 3.27. The summed E-state index contributed by atoms with van der Waals surface area (Å²) in [5.74, 6) is 0. The third kappa shape index (κ3) is 3.60. The molecule has 0 aliphatic heterocycles. The smallest absolute Gasteiger partial charge is 0.262 e. The zero-order valence-corrected chi connectivity index (χ0v) is 14.1. The van der Waals surface area contributed by atoms with Gasteiger partial charge in [0.2, 0.25) is 0 Å². The Morgan fingerprint density at radius 1 is 1.37 bits per heavy atom. The van der Waals surface area contributed by atoms with Gasteiger partial charge in [-0.15, -0.1) is 11.3 Å². The number of benzene rings is 1. The molecular formula is C11H10ClIN2O2S2. The van der Waals surface area contributed by atoms with Crippen LogP contribution in [-0.2, 0) is 16.6 Å². The van der Waals surface area contributed by atoms with Crippen LogP contribution in [0.1, 0.15) is 4.88 Å². The zero-order valence-electron chi connectivity index (χ0n) is 9.56. The molecule has 2 aromatic rings. The van der Waals surface area contributed by atoms with Gasteiger partial charge in [0.25, 0.3) is 10.0 Å². The van der Waals surface area contributed by atoms with Gasteiger partial charge in [0.1, 0.15) is 0 Å². The molecule has 0 unspecified atom stereocenters. The number of hydrogen-bond acceptors (Lipinski definition) is 4. The quantitative estimate of drug-likeness (QED) is 0.734. The Hall–Kier alpha value is -0.350. The molecule has 4 nitrogen and oxygen atoms in total. The van der Waals surface area contributed by atoms with Crippen molar-refractivity contribution in [2.75, 3.05) is 4.72 Å². The minimum absolute atomic E-state index is 0.201. The normalized spacial score (nSPS) is 11.5. The second-order valence-corrected chi connectivity index (χ2v) is 8.01. The third-order valence-electron chi connectivity index (χ3n) is 2.32. The second-order valence-electron chi connectivity index (χ2n) is 3.68. The minimum Gasteiger partial charge on any atom is -0.326 e. The summed E-state index contributed by atoms with van der Waals surface area (Å²) in [5.41, 5.74) is 5.84. The molecule has 2 rings (SSSR count). The highest BCUT2D eigenvalue weighted by Crippen LogP contribution is 2.27. The molecule has 0 spiro atoms. The van der Waals surface area contributed by atoms with Crippen molar-refractivity contribution in [2.45, 2.75) is 11.4 Å². The van der Waals surface area contributed by atoms with Crippen LogP contribution in [0.3, 0.4) is 0 Å². The monoisotopic (exact) mass is 428 g/mol. The van der Waals surface area contributed by atoms with E-state index in [9.17, 15) is 8.42 Å². The van der Waals surface area contributed by atoms with Crippen molar-refractivity contribution in [1.82, 2.24) is 0 Å². The first-order chi connectivity index (χ1) is 8.92. The molecule has 0 aliphatic carbocycles. The molecule has 19 heavy (non-hydrogen) atoms. The van der Waals surface area contributed by atoms with Crippen molar-refractivity contribution in [3.8, 4) is 0 Å². The molecule has 0 saturated carbocycles. The van der Waals surface area contributed by atoms with Crippen LogP contribution in [-0.4, -0.2) is 8.42 Å². The van der Waals surface area contributed by atoms with Crippen LogP contribution in [0.15, 0.2) is 34.5 Å². The van der Waals surface area contributed by atoms with Crippen LogP contribution < -0.4 is 10.5 Å². The Labute approximate surface area is 134 Å². The van der Waals surface area contributed by atoms with E-state index in [-0.39, 0.29) is 4.90 Å². The summed E-state index contributed by atoms with van der Waals surface area (Å²) in [5, 5.41) is 1.93.